The monoisotopic (exact) mass is 405 g/mol. The third-order valence-electron chi connectivity index (χ3n) is 5.70. The average Bonchev–Trinajstić information content (AvgIpc) is 3.37. The van der Waals surface area contributed by atoms with Crippen LogP contribution in [-0.4, -0.2) is 43.1 Å². The predicted molar refractivity (Wildman–Crippen MR) is 113 cm³/mol. The second-order valence-electron chi connectivity index (χ2n) is 7.63. The van der Waals surface area contributed by atoms with Gasteiger partial charge in [-0.05, 0) is 30.2 Å². The van der Waals surface area contributed by atoms with Crippen molar-refractivity contribution in [1.29, 1.82) is 0 Å². The van der Waals surface area contributed by atoms with E-state index in [1.807, 2.05) is 42.6 Å². The van der Waals surface area contributed by atoms with Crippen LogP contribution in [0.5, 0.6) is 11.5 Å². The minimum Gasteiger partial charge on any atom is -0.486 e. The van der Waals surface area contributed by atoms with Crippen LogP contribution in [0.25, 0.3) is 10.9 Å². The number of carbonyl (C=O) groups is 2. The van der Waals surface area contributed by atoms with E-state index < -0.39 is 0 Å². The van der Waals surface area contributed by atoms with Crippen LogP contribution in [0.1, 0.15) is 12.0 Å². The van der Waals surface area contributed by atoms with Crippen LogP contribution in [0.3, 0.4) is 0 Å². The smallest absolute Gasteiger partial charge is 0.227 e. The summed E-state index contributed by atoms with van der Waals surface area (Å²) in [5, 5.41) is 4.17. The van der Waals surface area contributed by atoms with Crippen molar-refractivity contribution in [2.45, 2.75) is 12.8 Å². The molecular weight excluding hydrogens is 382 g/mol. The van der Waals surface area contributed by atoms with E-state index in [1.54, 1.807) is 4.90 Å². The third kappa shape index (κ3) is 3.47. The molecule has 0 saturated carbocycles. The highest BCUT2D eigenvalue weighted by Gasteiger charge is 2.35. The zero-order chi connectivity index (χ0) is 20.5. The van der Waals surface area contributed by atoms with Crippen molar-refractivity contribution in [2.75, 3.05) is 31.2 Å². The number of hydrogen-bond donors (Lipinski definition) is 2. The number of nitrogens with one attached hydrogen (secondary N) is 2. The molecule has 7 heteroatoms. The van der Waals surface area contributed by atoms with E-state index in [4.69, 9.17) is 9.47 Å². The summed E-state index contributed by atoms with van der Waals surface area (Å²) in [4.78, 5) is 30.1. The van der Waals surface area contributed by atoms with E-state index in [1.165, 1.54) is 10.9 Å². The van der Waals surface area contributed by atoms with Gasteiger partial charge in [0.15, 0.2) is 11.5 Å². The number of para-hydroxylation sites is 1. The molecular formula is C23H23N3O4. The van der Waals surface area contributed by atoms with E-state index in [-0.39, 0.29) is 24.2 Å². The van der Waals surface area contributed by atoms with E-state index in [9.17, 15) is 9.59 Å². The Balaban J connectivity index is 1.19. The number of rotatable bonds is 5. The summed E-state index contributed by atoms with van der Waals surface area (Å²) in [5.74, 6) is 0.835. The summed E-state index contributed by atoms with van der Waals surface area (Å²) in [7, 11) is 0. The molecule has 2 N–H and O–H groups in total. The number of anilines is 1. The molecule has 0 spiro atoms. The van der Waals surface area contributed by atoms with Crippen LogP contribution in [0.4, 0.5) is 5.69 Å². The SMILES string of the molecule is O=C(NCCc1c[nH]c2ccccc12)[C@@H]1CC(=O)N(c2ccc3c(c2)OCCO3)C1. The number of fused-ring (bicyclic) bond motifs is 2. The Hall–Kier alpha value is -3.48. The van der Waals surface area contributed by atoms with E-state index in [0.717, 1.165) is 17.6 Å². The van der Waals surface area contributed by atoms with Gasteiger partial charge in [0.05, 0.1) is 5.92 Å². The van der Waals surface area contributed by atoms with E-state index in [0.29, 0.717) is 37.8 Å². The number of aromatic amines is 1. The van der Waals surface area contributed by atoms with Crippen molar-refractivity contribution in [3.05, 3.63) is 54.2 Å². The highest BCUT2D eigenvalue weighted by Crippen LogP contribution is 2.36. The van der Waals surface area contributed by atoms with E-state index >= 15 is 0 Å². The van der Waals surface area contributed by atoms with Gasteiger partial charge in [-0.1, -0.05) is 18.2 Å². The Morgan fingerprint density at radius 2 is 1.97 bits per heavy atom. The molecule has 2 aromatic carbocycles. The number of benzene rings is 2. The topological polar surface area (TPSA) is 83.7 Å². The number of H-pyrrole nitrogens is 1. The number of hydrogen-bond acceptors (Lipinski definition) is 4. The van der Waals surface area contributed by atoms with Crippen molar-refractivity contribution >= 4 is 28.4 Å². The van der Waals surface area contributed by atoms with Gasteiger partial charge in [0, 0.05) is 48.4 Å². The lowest BCUT2D eigenvalue weighted by molar-refractivity contribution is -0.126. The second-order valence-corrected chi connectivity index (χ2v) is 7.63. The fraction of sp³-hybridized carbons (Fsp3) is 0.304. The summed E-state index contributed by atoms with van der Waals surface area (Å²) in [6, 6.07) is 13.6. The molecule has 2 aliphatic rings. The summed E-state index contributed by atoms with van der Waals surface area (Å²) in [6.07, 6.45) is 2.94. The van der Waals surface area contributed by atoms with Gasteiger partial charge in [0.1, 0.15) is 13.2 Å². The Kier molecular flexibility index (Phi) is 4.78. The molecule has 0 radical (unpaired) electrons. The zero-order valence-electron chi connectivity index (χ0n) is 16.5. The van der Waals surface area contributed by atoms with Gasteiger partial charge in [0.2, 0.25) is 11.8 Å². The van der Waals surface area contributed by atoms with Crippen LogP contribution in [0.2, 0.25) is 0 Å². The zero-order valence-corrected chi connectivity index (χ0v) is 16.5. The average molecular weight is 405 g/mol. The molecule has 154 valence electrons. The number of nitrogens with zero attached hydrogens (tertiary/aromatic N) is 1. The van der Waals surface area contributed by atoms with Crippen LogP contribution >= 0.6 is 0 Å². The molecule has 30 heavy (non-hydrogen) atoms. The lowest BCUT2D eigenvalue weighted by atomic mass is 10.1. The fourth-order valence-corrected chi connectivity index (χ4v) is 4.14. The Labute approximate surface area is 174 Å². The number of ether oxygens (including phenoxy) is 2. The van der Waals surface area contributed by atoms with Crippen molar-refractivity contribution in [3.63, 3.8) is 0 Å². The van der Waals surface area contributed by atoms with Crippen molar-refractivity contribution in [3.8, 4) is 11.5 Å². The molecule has 0 aliphatic carbocycles. The minimum atomic E-state index is -0.353. The molecule has 1 fully saturated rings. The maximum absolute atomic E-state index is 12.7. The van der Waals surface area contributed by atoms with Gasteiger partial charge >= 0.3 is 0 Å². The van der Waals surface area contributed by atoms with Gasteiger partial charge in [-0.3, -0.25) is 9.59 Å². The molecule has 1 atom stereocenters. The summed E-state index contributed by atoms with van der Waals surface area (Å²) < 4.78 is 11.1. The quantitative estimate of drug-likeness (QED) is 0.684. The summed E-state index contributed by atoms with van der Waals surface area (Å²) in [6.45, 7) is 1.93. The van der Waals surface area contributed by atoms with Crippen LogP contribution < -0.4 is 19.7 Å². The molecule has 5 rings (SSSR count). The molecule has 1 saturated heterocycles. The van der Waals surface area contributed by atoms with Crippen LogP contribution in [0.15, 0.2) is 48.7 Å². The van der Waals surface area contributed by atoms with Crippen molar-refractivity contribution in [1.82, 2.24) is 10.3 Å². The van der Waals surface area contributed by atoms with Gasteiger partial charge in [-0.15, -0.1) is 0 Å². The molecule has 3 aromatic rings. The van der Waals surface area contributed by atoms with Gasteiger partial charge in [0.25, 0.3) is 0 Å². The summed E-state index contributed by atoms with van der Waals surface area (Å²) >= 11 is 0. The first-order valence-corrected chi connectivity index (χ1v) is 10.2. The van der Waals surface area contributed by atoms with Crippen LogP contribution in [0, 0.1) is 5.92 Å². The first-order valence-electron chi connectivity index (χ1n) is 10.2. The normalized spacial score (nSPS) is 18.1. The third-order valence-corrected chi connectivity index (χ3v) is 5.70. The fourth-order valence-electron chi connectivity index (χ4n) is 4.14. The molecule has 2 aliphatic heterocycles. The predicted octanol–water partition coefficient (Wildman–Crippen LogP) is 2.65. The van der Waals surface area contributed by atoms with Gasteiger partial charge < -0.3 is 24.7 Å². The largest absolute Gasteiger partial charge is 0.486 e. The molecule has 3 heterocycles. The molecule has 7 nitrogen and oxygen atoms in total. The van der Waals surface area contributed by atoms with Crippen molar-refractivity contribution in [2.24, 2.45) is 5.92 Å². The second kappa shape index (κ2) is 7.74. The van der Waals surface area contributed by atoms with E-state index in [2.05, 4.69) is 16.4 Å². The molecule has 0 bridgehead atoms. The lowest BCUT2D eigenvalue weighted by Gasteiger charge is -2.22. The molecule has 1 aromatic heterocycles. The molecule has 2 amide bonds. The number of amides is 2. The van der Waals surface area contributed by atoms with Gasteiger partial charge in [-0.25, -0.2) is 0 Å². The highest BCUT2D eigenvalue weighted by atomic mass is 16.6. The number of carbonyl (C=O) groups excluding carboxylic acids is 2. The van der Waals surface area contributed by atoms with Crippen molar-refractivity contribution < 1.29 is 19.1 Å². The lowest BCUT2D eigenvalue weighted by Crippen LogP contribution is -2.34. The standard InChI is InChI=1S/C23H23N3O4/c27-22-11-16(14-26(22)17-5-6-20-21(12-17)30-10-9-29-20)23(28)24-8-7-15-13-25-19-4-2-1-3-18(15)19/h1-6,12-13,16,25H,7-11,14H2,(H,24,28)/t16-/m1/s1. The summed E-state index contributed by atoms with van der Waals surface area (Å²) in [5.41, 5.74) is 3.00. The maximum atomic E-state index is 12.7. The number of aromatic nitrogens is 1. The van der Waals surface area contributed by atoms with Crippen LogP contribution in [-0.2, 0) is 16.0 Å². The Morgan fingerprint density at radius 1 is 1.13 bits per heavy atom. The minimum absolute atomic E-state index is 0.0524. The highest BCUT2D eigenvalue weighted by molar-refractivity contribution is 6.00. The first-order chi connectivity index (χ1) is 14.7. The maximum Gasteiger partial charge on any atom is 0.227 e. The molecule has 0 unspecified atom stereocenters. The Bertz CT molecular complexity index is 1110. The Morgan fingerprint density at radius 3 is 2.87 bits per heavy atom. The first kappa shape index (κ1) is 18.5. The van der Waals surface area contributed by atoms with Gasteiger partial charge in [-0.2, -0.15) is 0 Å².